The first kappa shape index (κ1) is 26.1. The Bertz CT molecular complexity index is 1250. The van der Waals surface area contributed by atoms with Crippen LogP contribution in [0.1, 0.15) is 57.4 Å². The number of amides is 3. The Morgan fingerprint density at radius 1 is 1.05 bits per heavy atom. The number of hydrogen-bond donors (Lipinski definition) is 1. The van der Waals surface area contributed by atoms with Gasteiger partial charge in [-0.3, -0.25) is 19.1 Å². The van der Waals surface area contributed by atoms with Crippen LogP contribution in [0.15, 0.2) is 54.6 Å². The summed E-state index contributed by atoms with van der Waals surface area (Å²) in [6.07, 6.45) is 0.864. The van der Waals surface area contributed by atoms with Crippen molar-refractivity contribution in [1.29, 1.82) is 0 Å². The van der Waals surface area contributed by atoms with Gasteiger partial charge in [-0.25, -0.2) is 4.39 Å². The minimum absolute atomic E-state index is 0.123. The van der Waals surface area contributed by atoms with Crippen molar-refractivity contribution >= 4 is 17.7 Å². The van der Waals surface area contributed by atoms with Gasteiger partial charge in [-0.2, -0.15) is 5.10 Å². The fourth-order valence-corrected chi connectivity index (χ4v) is 4.30. The molecule has 0 atom stereocenters. The summed E-state index contributed by atoms with van der Waals surface area (Å²) in [5, 5.41) is 7.23. The van der Waals surface area contributed by atoms with Gasteiger partial charge in [0.25, 0.3) is 11.8 Å². The van der Waals surface area contributed by atoms with Crippen LogP contribution in [0, 0.1) is 12.7 Å². The van der Waals surface area contributed by atoms with E-state index in [0.717, 1.165) is 23.1 Å². The van der Waals surface area contributed by atoms with Crippen LogP contribution in [0.25, 0.3) is 0 Å². The molecule has 37 heavy (non-hydrogen) atoms. The third-order valence-electron chi connectivity index (χ3n) is 6.48. The monoisotopic (exact) mass is 505 g/mol. The van der Waals surface area contributed by atoms with E-state index in [1.165, 1.54) is 12.1 Å². The predicted molar refractivity (Wildman–Crippen MR) is 137 cm³/mol. The SMILES string of the molecule is CCN(CCC(=O)NCc1ccc(F)cc1)C(=O)c1cc2n(n1)CCCN(Cc1ccc(C)cc1)C2=O. The van der Waals surface area contributed by atoms with Crippen molar-refractivity contribution in [3.63, 3.8) is 0 Å². The Labute approximate surface area is 216 Å². The van der Waals surface area contributed by atoms with Crippen molar-refractivity contribution in [3.8, 4) is 0 Å². The molecule has 0 fully saturated rings. The molecule has 0 saturated heterocycles. The van der Waals surface area contributed by atoms with Crippen LogP contribution in [0.3, 0.4) is 0 Å². The summed E-state index contributed by atoms with van der Waals surface area (Å²) in [6, 6.07) is 15.6. The number of fused-ring (bicyclic) bond motifs is 1. The average molecular weight is 506 g/mol. The number of hydrogen-bond acceptors (Lipinski definition) is 4. The molecule has 3 amide bonds. The van der Waals surface area contributed by atoms with E-state index < -0.39 is 0 Å². The number of nitrogens with zero attached hydrogens (tertiary/aromatic N) is 4. The largest absolute Gasteiger partial charge is 0.352 e. The van der Waals surface area contributed by atoms with Crippen LogP contribution in [0.4, 0.5) is 4.39 Å². The Morgan fingerprint density at radius 2 is 1.76 bits per heavy atom. The highest BCUT2D eigenvalue weighted by Gasteiger charge is 2.28. The second-order valence-corrected chi connectivity index (χ2v) is 9.24. The van der Waals surface area contributed by atoms with E-state index in [9.17, 15) is 18.8 Å². The number of carbonyl (C=O) groups is 3. The molecule has 0 spiro atoms. The Hall–Kier alpha value is -4.01. The molecule has 0 unspecified atom stereocenters. The Kier molecular flexibility index (Phi) is 8.32. The molecule has 0 aliphatic carbocycles. The van der Waals surface area contributed by atoms with Crippen molar-refractivity contribution < 1.29 is 18.8 Å². The Balaban J connectivity index is 1.36. The zero-order valence-corrected chi connectivity index (χ0v) is 21.2. The summed E-state index contributed by atoms with van der Waals surface area (Å²) in [5.74, 6) is -0.998. The van der Waals surface area contributed by atoms with E-state index >= 15 is 0 Å². The van der Waals surface area contributed by atoms with Crippen LogP contribution < -0.4 is 5.32 Å². The lowest BCUT2D eigenvalue weighted by atomic mass is 10.1. The molecule has 9 heteroatoms. The maximum absolute atomic E-state index is 13.3. The minimum Gasteiger partial charge on any atom is -0.352 e. The highest BCUT2D eigenvalue weighted by Crippen LogP contribution is 2.18. The molecular weight excluding hydrogens is 473 g/mol. The summed E-state index contributed by atoms with van der Waals surface area (Å²) in [5.41, 5.74) is 3.62. The molecule has 0 radical (unpaired) electrons. The normalized spacial score (nSPS) is 13.2. The van der Waals surface area contributed by atoms with Crippen molar-refractivity contribution in [2.24, 2.45) is 0 Å². The number of halogens is 1. The van der Waals surface area contributed by atoms with Gasteiger partial charge in [0, 0.05) is 51.8 Å². The first-order valence-corrected chi connectivity index (χ1v) is 12.6. The fourth-order valence-electron chi connectivity index (χ4n) is 4.30. The van der Waals surface area contributed by atoms with Crippen molar-refractivity contribution in [1.82, 2.24) is 24.9 Å². The van der Waals surface area contributed by atoms with Crippen molar-refractivity contribution in [2.45, 2.75) is 46.3 Å². The minimum atomic E-state index is -0.329. The van der Waals surface area contributed by atoms with E-state index in [2.05, 4.69) is 10.4 Å². The second-order valence-electron chi connectivity index (χ2n) is 9.24. The summed E-state index contributed by atoms with van der Waals surface area (Å²) < 4.78 is 14.7. The second kappa shape index (κ2) is 11.8. The van der Waals surface area contributed by atoms with Gasteiger partial charge in [0.2, 0.25) is 5.91 Å². The van der Waals surface area contributed by atoms with Gasteiger partial charge in [0.05, 0.1) is 0 Å². The van der Waals surface area contributed by atoms with Gasteiger partial charge >= 0.3 is 0 Å². The number of nitrogens with one attached hydrogen (secondary N) is 1. The van der Waals surface area contributed by atoms with Crippen LogP contribution in [0.2, 0.25) is 0 Å². The van der Waals surface area contributed by atoms with Gasteiger partial charge in [-0.1, -0.05) is 42.0 Å². The van der Waals surface area contributed by atoms with E-state index in [1.807, 2.05) is 38.1 Å². The lowest BCUT2D eigenvalue weighted by Gasteiger charge is -2.20. The third-order valence-corrected chi connectivity index (χ3v) is 6.48. The number of carbonyl (C=O) groups excluding carboxylic acids is 3. The van der Waals surface area contributed by atoms with E-state index in [4.69, 9.17) is 0 Å². The zero-order valence-electron chi connectivity index (χ0n) is 21.2. The number of rotatable bonds is 9. The van der Waals surface area contributed by atoms with Crippen LogP contribution in [-0.4, -0.2) is 56.9 Å². The summed E-state index contributed by atoms with van der Waals surface area (Å²) in [6.45, 7) is 6.45. The highest BCUT2D eigenvalue weighted by molar-refractivity contribution is 5.98. The number of benzene rings is 2. The molecule has 3 aromatic rings. The van der Waals surface area contributed by atoms with Gasteiger partial charge in [0.15, 0.2) is 5.69 Å². The fraction of sp³-hybridized carbons (Fsp3) is 0.357. The predicted octanol–water partition coefficient (Wildman–Crippen LogP) is 3.55. The van der Waals surface area contributed by atoms with Crippen molar-refractivity contribution in [2.75, 3.05) is 19.6 Å². The molecule has 1 aliphatic rings. The quantitative estimate of drug-likeness (QED) is 0.482. The third kappa shape index (κ3) is 6.61. The molecule has 8 nitrogen and oxygen atoms in total. The van der Waals surface area contributed by atoms with E-state index in [0.29, 0.717) is 31.9 Å². The molecule has 1 aromatic heterocycles. The molecule has 0 saturated carbocycles. The van der Waals surface area contributed by atoms with Gasteiger partial charge < -0.3 is 15.1 Å². The topological polar surface area (TPSA) is 87.5 Å². The lowest BCUT2D eigenvalue weighted by molar-refractivity contribution is -0.121. The summed E-state index contributed by atoms with van der Waals surface area (Å²) in [7, 11) is 0. The summed E-state index contributed by atoms with van der Waals surface area (Å²) >= 11 is 0. The van der Waals surface area contributed by atoms with Crippen LogP contribution >= 0.6 is 0 Å². The van der Waals surface area contributed by atoms with E-state index in [1.54, 1.807) is 32.7 Å². The van der Waals surface area contributed by atoms with Crippen LogP contribution in [0.5, 0.6) is 0 Å². The molecular formula is C28H32FN5O3. The van der Waals surface area contributed by atoms with Crippen LogP contribution in [-0.2, 0) is 24.4 Å². The molecule has 1 N–H and O–H groups in total. The zero-order chi connectivity index (χ0) is 26.4. The van der Waals surface area contributed by atoms with E-state index in [-0.39, 0.29) is 48.7 Å². The first-order valence-electron chi connectivity index (χ1n) is 12.6. The van der Waals surface area contributed by atoms with Gasteiger partial charge in [0.1, 0.15) is 11.5 Å². The molecule has 1 aliphatic heterocycles. The molecule has 2 aromatic carbocycles. The van der Waals surface area contributed by atoms with Gasteiger partial charge in [-0.15, -0.1) is 0 Å². The maximum atomic E-state index is 13.3. The average Bonchev–Trinajstić information content (AvgIpc) is 3.27. The summed E-state index contributed by atoms with van der Waals surface area (Å²) in [4.78, 5) is 42.1. The maximum Gasteiger partial charge on any atom is 0.274 e. The molecule has 4 rings (SSSR count). The Morgan fingerprint density at radius 3 is 2.46 bits per heavy atom. The standard InChI is InChI=1S/C28H32FN5O3/c1-3-32(16-13-26(35)30-18-21-9-11-23(29)12-10-21)27(36)24-17-25-28(37)33(14-4-15-34(25)31-24)19-22-7-5-20(2)6-8-22/h5-12,17H,3-4,13-16,18-19H2,1-2H3,(H,30,35). The molecule has 2 heterocycles. The molecule has 194 valence electrons. The smallest absolute Gasteiger partial charge is 0.274 e. The van der Waals surface area contributed by atoms with Gasteiger partial charge in [-0.05, 0) is 43.5 Å². The number of aromatic nitrogens is 2. The number of aryl methyl sites for hydroxylation is 2. The van der Waals surface area contributed by atoms with Crippen molar-refractivity contribution in [3.05, 3.63) is 88.5 Å². The first-order chi connectivity index (χ1) is 17.8. The highest BCUT2D eigenvalue weighted by atomic mass is 19.1. The lowest BCUT2D eigenvalue weighted by Crippen LogP contribution is -2.35. The molecule has 0 bridgehead atoms.